The fourth-order valence-corrected chi connectivity index (χ4v) is 1.20. The Hall–Kier alpha value is -0.680. The van der Waals surface area contributed by atoms with Gasteiger partial charge in [0, 0.05) is 0 Å². The van der Waals surface area contributed by atoms with Crippen LogP contribution in [-0.2, 0) is 0 Å². The third-order valence-corrected chi connectivity index (χ3v) is 1.50. The van der Waals surface area contributed by atoms with Gasteiger partial charge in [-0.05, 0) is 12.1 Å². The number of hydrogen-bond donors (Lipinski definition) is 3. The van der Waals surface area contributed by atoms with Gasteiger partial charge in [-0.1, -0.05) is 0 Å². The van der Waals surface area contributed by atoms with Crippen LogP contribution in [0.2, 0.25) is 0 Å². The second kappa shape index (κ2) is 3.15. The van der Waals surface area contributed by atoms with Crippen molar-refractivity contribution in [1.29, 1.82) is 0 Å². The van der Waals surface area contributed by atoms with Crippen molar-refractivity contribution in [2.75, 3.05) is 0 Å². The molecule has 0 aliphatic carbocycles. The Labute approximate surface area is 74.3 Å². The van der Waals surface area contributed by atoms with Crippen LogP contribution in [0, 0.1) is 0 Å². The van der Waals surface area contributed by atoms with Gasteiger partial charge in [0.2, 0.25) is 0 Å². The van der Waals surface area contributed by atoms with E-state index in [0.29, 0.717) is 10.1 Å². The lowest BCUT2D eigenvalue weighted by molar-refractivity contribution is 0.0696. The molecule has 0 bridgehead atoms. The Morgan fingerprint density at radius 1 is 1.36 bits per heavy atom. The van der Waals surface area contributed by atoms with Crippen molar-refractivity contribution >= 4 is 31.2 Å². The van der Waals surface area contributed by atoms with E-state index in [0.717, 1.165) is 0 Å². The van der Waals surface area contributed by atoms with Gasteiger partial charge in [0.25, 0.3) is 0 Å². The number of hydrogen-bond acceptors (Lipinski definition) is 4. The van der Waals surface area contributed by atoms with Gasteiger partial charge in [0.05, 0.1) is 15.6 Å². The summed E-state index contributed by atoms with van der Waals surface area (Å²) in [6.45, 7) is 0. The lowest BCUT2D eigenvalue weighted by Crippen LogP contribution is -1.97. The number of carboxylic acids is 1. The third-order valence-electron chi connectivity index (χ3n) is 1.05. The number of thiol groups is 2. The second-order valence-electron chi connectivity index (χ2n) is 1.88. The molecule has 0 fully saturated rings. The van der Waals surface area contributed by atoms with Gasteiger partial charge >= 0.3 is 5.97 Å². The van der Waals surface area contributed by atoms with Crippen LogP contribution in [0.3, 0.4) is 0 Å². The van der Waals surface area contributed by atoms with E-state index < -0.39 is 5.97 Å². The molecule has 5 heteroatoms. The molecule has 0 unspecified atom stereocenters. The molecule has 0 saturated heterocycles. The minimum Gasteiger partial charge on any atom is -0.478 e. The van der Waals surface area contributed by atoms with E-state index in [2.05, 4.69) is 30.2 Å². The van der Waals surface area contributed by atoms with Gasteiger partial charge in [0.15, 0.2) is 0 Å². The summed E-state index contributed by atoms with van der Waals surface area (Å²) in [7, 11) is 0. The SMILES string of the molecule is O=C(O)c1cc(S)nc(S)c1. The zero-order valence-corrected chi connectivity index (χ0v) is 7.14. The van der Waals surface area contributed by atoms with E-state index in [1.54, 1.807) is 0 Å². The maximum absolute atomic E-state index is 10.4. The molecule has 3 nitrogen and oxygen atoms in total. The molecule has 0 saturated carbocycles. The van der Waals surface area contributed by atoms with Crippen LogP contribution in [0.1, 0.15) is 10.4 Å². The number of carbonyl (C=O) groups is 1. The van der Waals surface area contributed by atoms with E-state index in [1.165, 1.54) is 12.1 Å². The van der Waals surface area contributed by atoms with Gasteiger partial charge < -0.3 is 5.11 Å². The van der Waals surface area contributed by atoms with Crippen LogP contribution in [0.25, 0.3) is 0 Å². The summed E-state index contributed by atoms with van der Waals surface area (Å²) in [5, 5.41) is 9.25. The predicted molar refractivity (Wildman–Crippen MR) is 45.7 cm³/mol. The van der Waals surface area contributed by atoms with Crippen LogP contribution in [0.4, 0.5) is 0 Å². The zero-order valence-electron chi connectivity index (χ0n) is 5.35. The average molecular weight is 187 g/mol. The molecule has 0 atom stereocenters. The van der Waals surface area contributed by atoms with Gasteiger partial charge in [0.1, 0.15) is 0 Å². The Balaban J connectivity index is 3.19. The summed E-state index contributed by atoms with van der Waals surface area (Å²) in [5.74, 6) is -1.00. The van der Waals surface area contributed by atoms with Crippen molar-refractivity contribution in [3.63, 3.8) is 0 Å². The Morgan fingerprint density at radius 3 is 2.18 bits per heavy atom. The fourth-order valence-electron chi connectivity index (χ4n) is 0.625. The molecule has 1 aromatic rings. The van der Waals surface area contributed by atoms with Crippen LogP contribution in [0.15, 0.2) is 22.2 Å². The molecule has 11 heavy (non-hydrogen) atoms. The van der Waals surface area contributed by atoms with Gasteiger partial charge in [-0.15, -0.1) is 25.3 Å². The third kappa shape index (κ3) is 2.13. The van der Waals surface area contributed by atoms with Gasteiger partial charge in [-0.25, -0.2) is 9.78 Å². The Kier molecular flexibility index (Phi) is 2.41. The molecule has 0 spiro atoms. The normalized spacial score (nSPS) is 9.64. The zero-order chi connectivity index (χ0) is 8.43. The summed E-state index contributed by atoms with van der Waals surface area (Å²) in [6.07, 6.45) is 0. The van der Waals surface area contributed by atoms with E-state index in [1.807, 2.05) is 0 Å². The summed E-state index contributed by atoms with van der Waals surface area (Å²) < 4.78 is 0. The molecule has 0 aliphatic heterocycles. The molecule has 0 amide bonds. The van der Waals surface area contributed by atoms with E-state index in [-0.39, 0.29) is 5.56 Å². The van der Waals surface area contributed by atoms with Crippen molar-refractivity contribution in [3.05, 3.63) is 17.7 Å². The maximum atomic E-state index is 10.4. The Morgan fingerprint density at radius 2 is 1.82 bits per heavy atom. The van der Waals surface area contributed by atoms with Crippen LogP contribution < -0.4 is 0 Å². The second-order valence-corrected chi connectivity index (χ2v) is 2.79. The molecular weight excluding hydrogens is 182 g/mol. The monoisotopic (exact) mass is 187 g/mol. The van der Waals surface area contributed by atoms with Gasteiger partial charge in [-0.3, -0.25) is 0 Å². The molecule has 1 aromatic heterocycles. The summed E-state index contributed by atoms with van der Waals surface area (Å²) in [5.41, 5.74) is 0.148. The minimum atomic E-state index is -1.00. The highest BCUT2D eigenvalue weighted by Crippen LogP contribution is 2.11. The van der Waals surface area contributed by atoms with Crippen molar-refractivity contribution in [2.24, 2.45) is 0 Å². The number of rotatable bonds is 1. The number of nitrogens with zero attached hydrogens (tertiary/aromatic N) is 1. The van der Waals surface area contributed by atoms with Crippen molar-refractivity contribution in [1.82, 2.24) is 4.98 Å². The van der Waals surface area contributed by atoms with Crippen LogP contribution >= 0.6 is 25.3 Å². The first kappa shape index (κ1) is 8.42. The van der Waals surface area contributed by atoms with Crippen molar-refractivity contribution in [3.8, 4) is 0 Å². The first-order valence-electron chi connectivity index (χ1n) is 2.73. The van der Waals surface area contributed by atoms with Gasteiger partial charge in [-0.2, -0.15) is 0 Å². The van der Waals surface area contributed by atoms with Crippen molar-refractivity contribution in [2.45, 2.75) is 10.1 Å². The highest BCUT2D eigenvalue weighted by atomic mass is 32.1. The van der Waals surface area contributed by atoms with E-state index >= 15 is 0 Å². The quantitative estimate of drug-likeness (QED) is 0.582. The first-order valence-corrected chi connectivity index (χ1v) is 3.62. The molecule has 1 rings (SSSR count). The maximum Gasteiger partial charge on any atom is 0.335 e. The molecule has 0 radical (unpaired) electrons. The Bertz CT molecular complexity index is 280. The highest BCUT2D eigenvalue weighted by molar-refractivity contribution is 7.80. The topological polar surface area (TPSA) is 50.2 Å². The molecule has 1 N–H and O–H groups in total. The summed E-state index contributed by atoms with van der Waals surface area (Å²) >= 11 is 7.79. The number of pyridine rings is 1. The van der Waals surface area contributed by atoms with Crippen LogP contribution in [-0.4, -0.2) is 16.1 Å². The number of aromatic nitrogens is 1. The van der Waals surface area contributed by atoms with E-state index in [9.17, 15) is 4.79 Å². The molecule has 0 aromatic carbocycles. The fraction of sp³-hybridized carbons (Fsp3) is 0. The molecule has 0 aliphatic rings. The lowest BCUT2D eigenvalue weighted by Gasteiger charge is -1.96. The number of carboxylic acid groups (broad SMARTS) is 1. The standard InChI is InChI=1S/C6H5NO2S2/c8-6(9)3-1-4(10)7-5(11)2-3/h1-2H,(H,8,9)(H2,7,10,11). The highest BCUT2D eigenvalue weighted by Gasteiger charge is 2.04. The lowest BCUT2D eigenvalue weighted by atomic mass is 10.3. The van der Waals surface area contributed by atoms with E-state index in [4.69, 9.17) is 5.11 Å². The molecule has 58 valence electrons. The first-order chi connectivity index (χ1) is 5.09. The summed E-state index contributed by atoms with van der Waals surface area (Å²) in [4.78, 5) is 14.2. The van der Waals surface area contributed by atoms with Crippen LogP contribution in [0.5, 0.6) is 0 Å². The molecule has 1 heterocycles. The largest absolute Gasteiger partial charge is 0.478 e. The smallest absolute Gasteiger partial charge is 0.335 e. The minimum absolute atomic E-state index is 0.148. The number of aromatic carboxylic acids is 1. The summed E-state index contributed by atoms with van der Waals surface area (Å²) in [6, 6.07) is 2.73. The average Bonchev–Trinajstić information content (AvgIpc) is 1.85. The predicted octanol–water partition coefficient (Wildman–Crippen LogP) is 1.36. The molecular formula is C6H5NO2S2. The van der Waals surface area contributed by atoms with Crippen molar-refractivity contribution < 1.29 is 9.90 Å².